The lowest BCUT2D eigenvalue weighted by atomic mass is 9.95. The van der Waals surface area contributed by atoms with Crippen LogP contribution >= 0.6 is 11.3 Å². The Morgan fingerprint density at radius 2 is 1.91 bits per heavy atom. The van der Waals surface area contributed by atoms with Gasteiger partial charge in [0.2, 0.25) is 0 Å². The molecule has 2 aromatic carbocycles. The molecule has 1 aliphatic rings. The van der Waals surface area contributed by atoms with Crippen LogP contribution in [0.2, 0.25) is 0 Å². The third-order valence-corrected chi connectivity index (χ3v) is 6.86. The molecule has 0 saturated carbocycles. The van der Waals surface area contributed by atoms with Crippen LogP contribution in [0, 0.1) is 24.0 Å². The average molecular weight is 487 g/mol. The maximum Gasteiger partial charge on any atom is 0.301 e. The van der Waals surface area contributed by atoms with Gasteiger partial charge in [0, 0.05) is 23.9 Å². The molecule has 1 N–H and O–H groups in total. The van der Waals surface area contributed by atoms with E-state index in [1.807, 2.05) is 19.1 Å². The summed E-state index contributed by atoms with van der Waals surface area (Å²) in [7, 11) is 0. The number of aromatic nitrogens is 2. The number of carbonyl (C=O) groups is 2. The number of aliphatic hydroxyl groups excluding tert-OH is 1. The smallest absolute Gasteiger partial charge is 0.301 e. The first-order valence-electron chi connectivity index (χ1n) is 10.6. The van der Waals surface area contributed by atoms with Gasteiger partial charge in [0.1, 0.15) is 11.8 Å². The fourth-order valence-corrected chi connectivity index (χ4v) is 5.13. The van der Waals surface area contributed by atoms with E-state index in [2.05, 4.69) is 9.97 Å². The van der Waals surface area contributed by atoms with Crippen LogP contribution in [-0.2, 0) is 9.59 Å². The number of fused-ring (bicyclic) bond motifs is 1. The molecule has 1 unspecified atom stereocenters. The van der Waals surface area contributed by atoms with Crippen molar-refractivity contribution in [2.45, 2.75) is 19.9 Å². The molecule has 3 heterocycles. The van der Waals surface area contributed by atoms with Gasteiger partial charge in [-0.15, -0.1) is 0 Å². The van der Waals surface area contributed by atoms with Crippen molar-refractivity contribution in [1.82, 2.24) is 9.97 Å². The van der Waals surface area contributed by atoms with E-state index < -0.39 is 22.7 Å². The highest BCUT2D eigenvalue weighted by Crippen LogP contribution is 2.44. The molecule has 0 spiro atoms. The van der Waals surface area contributed by atoms with Gasteiger partial charge in [-0.3, -0.25) is 29.6 Å². The van der Waals surface area contributed by atoms with E-state index in [-0.39, 0.29) is 22.2 Å². The Morgan fingerprint density at radius 3 is 2.63 bits per heavy atom. The van der Waals surface area contributed by atoms with Crippen molar-refractivity contribution in [1.29, 1.82) is 0 Å². The zero-order valence-corrected chi connectivity index (χ0v) is 19.4. The number of amides is 1. The van der Waals surface area contributed by atoms with E-state index in [4.69, 9.17) is 0 Å². The van der Waals surface area contributed by atoms with E-state index in [0.717, 1.165) is 22.5 Å². The summed E-state index contributed by atoms with van der Waals surface area (Å²) in [5.41, 5.74) is 2.71. The average Bonchev–Trinajstić information content (AvgIpc) is 3.38. The molecule has 10 heteroatoms. The zero-order valence-electron chi connectivity index (χ0n) is 18.6. The van der Waals surface area contributed by atoms with Crippen molar-refractivity contribution in [3.05, 3.63) is 98.9 Å². The van der Waals surface area contributed by atoms with Crippen LogP contribution in [0.3, 0.4) is 0 Å². The number of pyridine rings is 1. The van der Waals surface area contributed by atoms with Gasteiger partial charge in [-0.1, -0.05) is 35.1 Å². The third kappa shape index (κ3) is 3.73. The highest BCUT2D eigenvalue weighted by Gasteiger charge is 2.49. The lowest BCUT2D eigenvalue weighted by Gasteiger charge is -2.22. The van der Waals surface area contributed by atoms with Crippen LogP contribution in [0.1, 0.15) is 28.4 Å². The van der Waals surface area contributed by atoms with Crippen molar-refractivity contribution < 1.29 is 19.6 Å². The van der Waals surface area contributed by atoms with Crippen molar-refractivity contribution >= 4 is 49.8 Å². The maximum absolute atomic E-state index is 13.3. The Kier molecular flexibility index (Phi) is 5.37. The number of nitro benzene ring substituents is 1. The van der Waals surface area contributed by atoms with Gasteiger partial charge in [0.05, 0.1) is 26.4 Å². The Hall–Kier alpha value is -4.44. The molecule has 1 saturated heterocycles. The minimum atomic E-state index is -1.02. The second kappa shape index (κ2) is 8.41. The van der Waals surface area contributed by atoms with Crippen LogP contribution in [-0.4, -0.2) is 31.7 Å². The second-order valence-electron chi connectivity index (χ2n) is 8.15. The lowest BCUT2D eigenvalue weighted by Crippen LogP contribution is -2.29. The van der Waals surface area contributed by atoms with Gasteiger partial charge >= 0.3 is 5.91 Å². The second-order valence-corrected chi connectivity index (χ2v) is 9.16. The van der Waals surface area contributed by atoms with Crippen molar-refractivity contribution in [2.75, 3.05) is 4.90 Å². The van der Waals surface area contributed by atoms with Crippen LogP contribution in [0.15, 0.2) is 66.4 Å². The van der Waals surface area contributed by atoms with Gasteiger partial charge < -0.3 is 5.11 Å². The fourth-order valence-electron chi connectivity index (χ4n) is 4.10. The largest absolute Gasteiger partial charge is 0.507 e. The number of hydrogen-bond donors (Lipinski definition) is 1. The summed E-state index contributed by atoms with van der Waals surface area (Å²) < 4.78 is 0.491. The predicted molar refractivity (Wildman–Crippen MR) is 131 cm³/mol. The first-order valence-corrected chi connectivity index (χ1v) is 11.4. The quantitative estimate of drug-likeness (QED) is 0.144. The molecule has 1 amide bonds. The SMILES string of the molecule is Cc1ccc(C)c(/C(O)=C2\C(=O)C(=O)N(c3nc4ccc([N+](=O)[O-])cc4s3)C2c2ccccn2)c1. The van der Waals surface area contributed by atoms with Gasteiger partial charge in [-0.25, -0.2) is 4.98 Å². The highest BCUT2D eigenvalue weighted by atomic mass is 32.1. The number of aliphatic hydroxyl groups is 1. The van der Waals surface area contributed by atoms with Crippen LogP contribution in [0.5, 0.6) is 0 Å². The number of rotatable bonds is 4. The number of nitrogens with zero attached hydrogens (tertiary/aromatic N) is 4. The van der Waals surface area contributed by atoms with E-state index in [1.54, 1.807) is 31.2 Å². The standard InChI is InChI=1S/C25H18N4O5S/c1-13-6-7-14(2)16(11-13)22(30)20-21(18-5-3-4-10-26-18)28(24(32)23(20)31)25-27-17-9-8-15(29(33)34)12-19(17)35-25/h3-12,21,30H,1-2H3/b22-20+. The Morgan fingerprint density at radius 1 is 1.11 bits per heavy atom. The summed E-state index contributed by atoms with van der Waals surface area (Å²) in [6, 6.07) is 13.7. The van der Waals surface area contributed by atoms with E-state index in [0.29, 0.717) is 21.5 Å². The summed E-state index contributed by atoms with van der Waals surface area (Å²) in [4.78, 5) is 47.3. The molecule has 9 nitrogen and oxygen atoms in total. The summed E-state index contributed by atoms with van der Waals surface area (Å²) in [5, 5.41) is 22.7. The number of aryl methyl sites for hydroxylation is 2. The van der Waals surface area contributed by atoms with E-state index in [9.17, 15) is 24.8 Å². The molecule has 35 heavy (non-hydrogen) atoms. The minimum absolute atomic E-state index is 0.0902. The number of non-ortho nitro benzene ring substituents is 1. The molecular formula is C25H18N4O5S. The Balaban J connectivity index is 1.73. The van der Waals surface area contributed by atoms with Gasteiger partial charge in [0.25, 0.3) is 11.5 Å². The zero-order chi connectivity index (χ0) is 24.9. The number of Topliss-reactive ketones (excluding diaryl/α,β-unsaturated/α-hetero) is 1. The molecular weight excluding hydrogens is 468 g/mol. The first kappa shape index (κ1) is 22.4. The van der Waals surface area contributed by atoms with Crippen molar-refractivity contribution in [3.8, 4) is 0 Å². The van der Waals surface area contributed by atoms with Crippen LogP contribution < -0.4 is 4.90 Å². The molecule has 4 aromatic rings. The van der Waals surface area contributed by atoms with Crippen molar-refractivity contribution in [2.24, 2.45) is 0 Å². The van der Waals surface area contributed by atoms with Crippen LogP contribution in [0.4, 0.5) is 10.8 Å². The van der Waals surface area contributed by atoms with Gasteiger partial charge in [0.15, 0.2) is 5.13 Å². The monoisotopic (exact) mass is 486 g/mol. The number of anilines is 1. The minimum Gasteiger partial charge on any atom is -0.507 e. The number of ketones is 1. The number of carbonyl (C=O) groups excluding carboxylic acids is 2. The highest BCUT2D eigenvalue weighted by molar-refractivity contribution is 7.22. The summed E-state index contributed by atoms with van der Waals surface area (Å²) in [6.07, 6.45) is 1.54. The summed E-state index contributed by atoms with van der Waals surface area (Å²) in [5.74, 6) is -2.01. The maximum atomic E-state index is 13.3. The molecule has 5 rings (SSSR count). The molecule has 1 atom stereocenters. The Labute approximate surface area is 203 Å². The summed E-state index contributed by atoms with van der Waals surface area (Å²) >= 11 is 1.05. The molecule has 1 aliphatic heterocycles. The van der Waals surface area contributed by atoms with Gasteiger partial charge in [-0.2, -0.15) is 0 Å². The number of nitro groups is 1. The normalized spacial score (nSPS) is 17.3. The Bertz CT molecular complexity index is 1560. The summed E-state index contributed by atoms with van der Waals surface area (Å²) in [6.45, 7) is 3.67. The van der Waals surface area contributed by atoms with Crippen molar-refractivity contribution in [3.63, 3.8) is 0 Å². The number of benzene rings is 2. The third-order valence-electron chi connectivity index (χ3n) is 5.84. The molecule has 1 fully saturated rings. The van der Waals surface area contributed by atoms with E-state index >= 15 is 0 Å². The topological polar surface area (TPSA) is 127 Å². The molecule has 174 valence electrons. The van der Waals surface area contributed by atoms with Gasteiger partial charge in [-0.05, 0) is 43.7 Å². The fraction of sp³-hybridized carbons (Fsp3) is 0.120. The molecule has 0 radical (unpaired) electrons. The molecule has 0 aliphatic carbocycles. The lowest BCUT2D eigenvalue weighted by molar-refractivity contribution is -0.384. The van der Waals surface area contributed by atoms with E-state index in [1.165, 1.54) is 29.3 Å². The molecule has 0 bridgehead atoms. The first-order chi connectivity index (χ1) is 16.8. The van der Waals surface area contributed by atoms with Crippen LogP contribution in [0.25, 0.3) is 16.0 Å². The predicted octanol–water partition coefficient (Wildman–Crippen LogP) is 4.84. The number of hydrogen-bond acceptors (Lipinski definition) is 8. The number of thiazole rings is 1. The molecule has 2 aromatic heterocycles.